The lowest BCUT2D eigenvalue weighted by atomic mass is 10.2. The van der Waals surface area contributed by atoms with Gasteiger partial charge in [0.25, 0.3) is 0 Å². The molecule has 0 unspecified atom stereocenters. The Morgan fingerprint density at radius 3 is 2.69 bits per heavy atom. The highest BCUT2D eigenvalue weighted by Gasteiger charge is 2.17. The Bertz CT molecular complexity index is 481. The highest BCUT2D eigenvalue weighted by Crippen LogP contribution is 2.10. The summed E-state index contributed by atoms with van der Waals surface area (Å²) in [5.74, 6) is -1.08. The first-order valence-electron chi connectivity index (χ1n) is 4.76. The van der Waals surface area contributed by atoms with E-state index >= 15 is 0 Å². The summed E-state index contributed by atoms with van der Waals surface area (Å²) in [6.45, 7) is 1.69. The van der Waals surface area contributed by atoms with E-state index in [9.17, 15) is 13.2 Å². The van der Waals surface area contributed by atoms with Gasteiger partial charge in [-0.15, -0.1) is 0 Å². The quantitative estimate of drug-likeness (QED) is 0.633. The largest absolute Gasteiger partial charge is 0.399 e. The monoisotopic (exact) mass is 243 g/mol. The minimum absolute atomic E-state index is 0.125. The van der Waals surface area contributed by atoms with Crippen molar-refractivity contribution in [3.63, 3.8) is 0 Å². The normalized spacial score (nSPS) is 11.1. The van der Waals surface area contributed by atoms with Gasteiger partial charge in [0.1, 0.15) is 0 Å². The molecule has 0 aliphatic rings. The van der Waals surface area contributed by atoms with E-state index in [0.29, 0.717) is 12.1 Å². The first kappa shape index (κ1) is 12.5. The highest BCUT2D eigenvalue weighted by molar-refractivity contribution is 7.87. The van der Waals surface area contributed by atoms with E-state index in [1.54, 1.807) is 19.1 Å². The number of anilines is 1. The molecular formula is C10H13NO4S. The standard InChI is InChI=1S/C10H13NO4S/c1-2-6-16(13,14)15-10(12)8-4-3-5-9(11)7-8/h3-5,7H,2,6,11H2,1H3. The van der Waals surface area contributed by atoms with Crippen LogP contribution in [0.25, 0.3) is 0 Å². The van der Waals surface area contributed by atoms with Gasteiger partial charge in [-0.2, -0.15) is 8.42 Å². The summed E-state index contributed by atoms with van der Waals surface area (Å²) in [5, 5.41) is 0. The number of hydrogen-bond donors (Lipinski definition) is 1. The lowest BCUT2D eigenvalue weighted by Crippen LogP contribution is -2.16. The molecule has 0 atom stereocenters. The maximum absolute atomic E-state index is 11.4. The van der Waals surface area contributed by atoms with Crippen molar-refractivity contribution in [3.05, 3.63) is 29.8 Å². The first-order valence-corrected chi connectivity index (χ1v) is 6.34. The summed E-state index contributed by atoms with van der Waals surface area (Å²) in [6, 6.07) is 5.96. The second-order valence-corrected chi connectivity index (χ2v) is 4.95. The molecule has 1 rings (SSSR count). The number of carbonyl (C=O) groups excluding carboxylic acids is 1. The first-order chi connectivity index (χ1) is 7.44. The molecular weight excluding hydrogens is 230 g/mol. The summed E-state index contributed by atoms with van der Waals surface area (Å²) in [4.78, 5) is 11.4. The van der Waals surface area contributed by atoms with Crippen LogP contribution in [-0.2, 0) is 14.3 Å². The Labute approximate surface area is 94.3 Å². The van der Waals surface area contributed by atoms with Gasteiger partial charge in [-0.1, -0.05) is 13.0 Å². The van der Waals surface area contributed by atoms with Crippen molar-refractivity contribution in [1.29, 1.82) is 0 Å². The summed E-state index contributed by atoms with van der Waals surface area (Å²) in [6.07, 6.45) is 0.395. The van der Waals surface area contributed by atoms with Crippen LogP contribution >= 0.6 is 0 Å². The summed E-state index contributed by atoms with van der Waals surface area (Å²) in [5.41, 5.74) is 5.96. The molecule has 16 heavy (non-hydrogen) atoms. The maximum Gasteiger partial charge on any atom is 0.353 e. The Hall–Kier alpha value is -1.56. The highest BCUT2D eigenvalue weighted by atomic mass is 32.2. The molecule has 0 fully saturated rings. The summed E-state index contributed by atoms with van der Waals surface area (Å²) >= 11 is 0. The van der Waals surface area contributed by atoms with Gasteiger partial charge in [0.05, 0.1) is 11.3 Å². The Morgan fingerprint density at radius 1 is 1.44 bits per heavy atom. The number of nitrogen functional groups attached to an aromatic ring is 1. The summed E-state index contributed by atoms with van der Waals surface area (Å²) < 4.78 is 26.8. The average molecular weight is 243 g/mol. The van der Waals surface area contributed by atoms with Crippen molar-refractivity contribution in [2.45, 2.75) is 13.3 Å². The van der Waals surface area contributed by atoms with E-state index in [-0.39, 0.29) is 11.3 Å². The van der Waals surface area contributed by atoms with Crippen LogP contribution < -0.4 is 5.73 Å². The van der Waals surface area contributed by atoms with E-state index in [2.05, 4.69) is 4.18 Å². The van der Waals surface area contributed by atoms with Crippen LogP contribution in [0.3, 0.4) is 0 Å². The maximum atomic E-state index is 11.4. The second kappa shape index (κ2) is 4.98. The lowest BCUT2D eigenvalue weighted by Gasteiger charge is -2.04. The molecule has 0 radical (unpaired) electrons. The topological polar surface area (TPSA) is 86.5 Å². The molecule has 0 heterocycles. The van der Waals surface area contributed by atoms with Gasteiger partial charge in [0, 0.05) is 5.69 Å². The zero-order valence-corrected chi connectivity index (χ0v) is 9.66. The third-order valence-electron chi connectivity index (χ3n) is 1.78. The Morgan fingerprint density at radius 2 is 2.12 bits per heavy atom. The molecule has 0 aliphatic carbocycles. The zero-order valence-electron chi connectivity index (χ0n) is 8.84. The van der Waals surface area contributed by atoms with Crippen LogP contribution in [0.1, 0.15) is 23.7 Å². The Kier molecular flexibility index (Phi) is 3.89. The number of carbonyl (C=O) groups is 1. The zero-order chi connectivity index (χ0) is 12.2. The fourth-order valence-electron chi connectivity index (χ4n) is 1.12. The van der Waals surface area contributed by atoms with Crippen molar-refractivity contribution >= 4 is 21.8 Å². The number of benzene rings is 1. The van der Waals surface area contributed by atoms with Gasteiger partial charge >= 0.3 is 16.1 Å². The van der Waals surface area contributed by atoms with Crippen LogP contribution in [0.2, 0.25) is 0 Å². The van der Waals surface area contributed by atoms with Gasteiger partial charge < -0.3 is 9.92 Å². The third-order valence-corrected chi connectivity index (χ3v) is 3.09. The molecule has 0 aromatic heterocycles. The van der Waals surface area contributed by atoms with Crippen molar-refractivity contribution in [3.8, 4) is 0 Å². The molecule has 0 spiro atoms. The minimum atomic E-state index is -3.78. The minimum Gasteiger partial charge on any atom is -0.399 e. The van der Waals surface area contributed by atoms with Crippen molar-refractivity contribution in [2.75, 3.05) is 11.5 Å². The SMILES string of the molecule is CCCS(=O)(=O)OC(=O)c1cccc(N)c1. The molecule has 1 aromatic rings. The molecule has 0 amide bonds. The van der Waals surface area contributed by atoms with Gasteiger partial charge in [-0.3, -0.25) is 0 Å². The van der Waals surface area contributed by atoms with Crippen LogP contribution in [0.15, 0.2) is 24.3 Å². The lowest BCUT2D eigenvalue weighted by molar-refractivity contribution is 0.0747. The fraction of sp³-hybridized carbons (Fsp3) is 0.300. The number of hydrogen-bond acceptors (Lipinski definition) is 5. The van der Waals surface area contributed by atoms with E-state index in [0.717, 1.165) is 0 Å². The van der Waals surface area contributed by atoms with E-state index in [1.807, 2.05) is 0 Å². The molecule has 5 nitrogen and oxygen atoms in total. The smallest absolute Gasteiger partial charge is 0.353 e. The van der Waals surface area contributed by atoms with Gasteiger partial charge in [-0.05, 0) is 24.6 Å². The predicted octanol–water partition coefficient (Wildman–Crippen LogP) is 1.17. The molecule has 2 N–H and O–H groups in total. The van der Waals surface area contributed by atoms with E-state index < -0.39 is 16.1 Å². The van der Waals surface area contributed by atoms with E-state index in [4.69, 9.17) is 5.73 Å². The van der Waals surface area contributed by atoms with Gasteiger partial charge in [-0.25, -0.2) is 4.79 Å². The van der Waals surface area contributed by atoms with Gasteiger partial charge in [0.2, 0.25) is 0 Å². The second-order valence-electron chi connectivity index (χ2n) is 3.26. The fourth-order valence-corrected chi connectivity index (χ4v) is 2.03. The number of rotatable bonds is 4. The molecule has 88 valence electrons. The van der Waals surface area contributed by atoms with Crippen LogP contribution in [0.5, 0.6) is 0 Å². The van der Waals surface area contributed by atoms with Crippen molar-refractivity contribution < 1.29 is 17.4 Å². The average Bonchev–Trinajstić information content (AvgIpc) is 2.16. The third kappa shape index (κ3) is 3.54. The van der Waals surface area contributed by atoms with Crippen molar-refractivity contribution in [1.82, 2.24) is 0 Å². The molecule has 6 heteroatoms. The van der Waals surface area contributed by atoms with Crippen LogP contribution in [0.4, 0.5) is 5.69 Å². The van der Waals surface area contributed by atoms with E-state index in [1.165, 1.54) is 12.1 Å². The predicted molar refractivity (Wildman–Crippen MR) is 60.3 cm³/mol. The molecule has 0 saturated carbocycles. The molecule has 0 bridgehead atoms. The summed E-state index contributed by atoms with van der Waals surface area (Å²) in [7, 11) is -3.78. The molecule has 1 aromatic carbocycles. The number of nitrogens with two attached hydrogens (primary N) is 1. The molecule has 0 saturated heterocycles. The van der Waals surface area contributed by atoms with Crippen LogP contribution in [0, 0.1) is 0 Å². The molecule has 0 aliphatic heterocycles. The van der Waals surface area contributed by atoms with Crippen molar-refractivity contribution in [2.24, 2.45) is 0 Å². The Balaban J connectivity index is 2.81. The van der Waals surface area contributed by atoms with Crippen LogP contribution in [-0.4, -0.2) is 20.1 Å². The van der Waals surface area contributed by atoms with Gasteiger partial charge in [0.15, 0.2) is 0 Å².